The van der Waals surface area contributed by atoms with Crippen molar-refractivity contribution in [3.8, 4) is 0 Å². The standard InChI is InChI=1S/C17H33F4N2O3/c1-8-22(9-2)14(24)12(5)16(18,19)26-17(20,21)13(6)15(25)23(7,10-3)11-4/h12-13,15,25H,8-11H2,1-7H3/q+1. The maximum Gasteiger partial charge on any atom is 0.371 e. The van der Waals surface area contributed by atoms with Gasteiger partial charge in [-0.15, -0.1) is 0 Å². The number of amides is 1. The van der Waals surface area contributed by atoms with Crippen molar-refractivity contribution in [3.63, 3.8) is 0 Å². The molecule has 0 spiro atoms. The van der Waals surface area contributed by atoms with Crippen LogP contribution in [0.5, 0.6) is 0 Å². The molecule has 0 rings (SSSR count). The van der Waals surface area contributed by atoms with Crippen molar-refractivity contribution in [2.24, 2.45) is 11.8 Å². The summed E-state index contributed by atoms with van der Waals surface area (Å²) in [6.45, 7) is 9.49. The second kappa shape index (κ2) is 9.32. The van der Waals surface area contributed by atoms with Gasteiger partial charge in [0.15, 0.2) is 0 Å². The molecule has 156 valence electrons. The summed E-state index contributed by atoms with van der Waals surface area (Å²) in [4.78, 5) is 13.2. The molecule has 0 saturated carbocycles. The van der Waals surface area contributed by atoms with Gasteiger partial charge in [-0.05, 0) is 41.5 Å². The molecule has 3 atom stereocenters. The normalized spacial score (nSPS) is 16.9. The van der Waals surface area contributed by atoms with Gasteiger partial charge in [-0.3, -0.25) is 9.53 Å². The molecule has 0 aromatic carbocycles. The highest BCUT2D eigenvalue weighted by Gasteiger charge is 2.57. The van der Waals surface area contributed by atoms with Gasteiger partial charge in [-0.2, -0.15) is 17.6 Å². The molecule has 5 nitrogen and oxygen atoms in total. The lowest BCUT2D eigenvalue weighted by Crippen LogP contribution is -2.59. The first-order valence-corrected chi connectivity index (χ1v) is 9.00. The lowest BCUT2D eigenvalue weighted by atomic mass is 10.1. The lowest BCUT2D eigenvalue weighted by molar-refractivity contribution is -0.957. The highest BCUT2D eigenvalue weighted by Crippen LogP contribution is 2.40. The zero-order valence-electron chi connectivity index (χ0n) is 16.7. The van der Waals surface area contributed by atoms with Crippen molar-refractivity contribution in [1.82, 2.24) is 4.90 Å². The van der Waals surface area contributed by atoms with Crippen LogP contribution in [0.3, 0.4) is 0 Å². The van der Waals surface area contributed by atoms with Gasteiger partial charge in [-0.25, -0.2) is 0 Å². The summed E-state index contributed by atoms with van der Waals surface area (Å²) in [6.07, 6.45) is -10.3. The first-order chi connectivity index (χ1) is 11.7. The Hall–Kier alpha value is -0.930. The second-order valence-electron chi connectivity index (χ2n) is 6.77. The molecule has 9 heteroatoms. The Kier molecular flexibility index (Phi) is 8.99. The summed E-state index contributed by atoms with van der Waals surface area (Å²) in [7, 11) is 1.56. The predicted octanol–water partition coefficient (Wildman–Crippen LogP) is 3.13. The van der Waals surface area contributed by atoms with Gasteiger partial charge in [0, 0.05) is 13.1 Å². The van der Waals surface area contributed by atoms with Gasteiger partial charge in [0.1, 0.15) is 11.8 Å². The summed E-state index contributed by atoms with van der Waals surface area (Å²) in [5.41, 5.74) is 0. The van der Waals surface area contributed by atoms with E-state index < -0.39 is 36.2 Å². The Morgan fingerprint density at radius 2 is 1.46 bits per heavy atom. The number of carbonyl (C=O) groups excluding carboxylic acids is 1. The largest absolute Gasteiger partial charge is 0.371 e. The maximum absolute atomic E-state index is 14.4. The minimum atomic E-state index is -4.38. The molecule has 0 aliphatic heterocycles. The number of aliphatic hydroxyl groups excluding tert-OH is 1. The van der Waals surface area contributed by atoms with Crippen LogP contribution in [0.2, 0.25) is 0 Å². The molecule has 3 unspecified atom stereocenters. The minimum Gasteiger partial charge on any atom is -0.344 e. The fourth-order valence-electron chi connectivity index (χ4n) is 2.63. The highest BCUT2D eigenvalue weighted by atomic mass is 19.3. The Bertz CT molecular complexity index is 455. The molecule has 1 amide bonds. The Morgan fingerprint density at radius 1 is 1.04 bits per heavy atom. The molecule has 0 bridgehead atoms. The Morgan fingerprint density at radius 3 is 1.81 bits per heavy atom. The van der Waals surface area contributed by atoms with Crippen LogP contribution in [0.15, 0.2) is 0 Å². The maximum atomic E-state index is 14.4. The number of ether oxygens (including phenoxy) is 1. The zero-order valence-corrected chi connectivity index (χ0v) is 16.7. The van der Waals surface area contributed by atoms with E-state index in [1.807, 2.05) is 0 Å². The monoisotopic (exact) mass is 389 g/mol. The summed E-state index contributed by atoms with van der Waals surface area (Å²) in [5, 5.41) is 10.3. The smallest absolute Gasteiger partial charge is 0.344 e. The quantitative estimate of drug-likeness (QED) is 0.336. The number of aliphatic hydroxyl groups is 1. The van der Waals surface area contributed by atoms with Crippen molar-refractivity contribution in [2.75, 3.05) is 33.2 Å². The molecule has 26 heavy (non-hydrogen) atoms. The fourth-order valence-corrected chi connectivity index (χ4v) is 2.63. The average molecular weight is 389 g/mol. The van der Waals surface area contributed by atoms with Crippen molar-refractivity contribution in [1.29, 1.82) is 0 Å². The van der Waals surface area contributed by atoms with E-state index in [1.54, 1.807) is 34.7 Å². The van der Waals surface area contributed by atoms with Gasteiger partial charge >= 0.3 is 12.2 Å². The van der Waals surface area contributed by atoms with Gasteiger partial charge in [0.25, 0.3) is 0 Å². The number of alkyl halides is 4. The second-order valence-corrected chi connectivity index (χ2v) is 6.77. The predicted molar refractivity (Wildman–Crippen MR) is 90.5 cm³/mol. The molecular weight excluding hydrogens is 356 g/mol. The van der Waals surface area contributed by atoms with E-state index in [0.717, 1.165) is 18.7 Å². The SMILES string of the molecule is CCN(CC)C(=O)C(C)C(F)(F)OC(F)(F)C(C)C(O)[N+](C)(CC)CC. The molecule has 0 fully saturated rings. The van der Waals surface area contributed by atoms with E-state index in [-0.39, 0.29) is 17.6 Å². The van der Waals surface area contributed by atoms with Crippen LogP contribution in [0.1, 0.15) is 41.5 Å². The van der Waals surface area contributed by atoms with Crippen LogP contribution in [0.4, 0.5) is 17.6 Å². The van der Waals surface area contributed by atoms with Crippen molar-refractivity contribution in [3.05, 3.63) is 0 Å². The number of halogens is 4. The van der Waals surface area contributed by atoms with E-state index in [4.69, 9.17) is 0 Å². The minimum absolute atomic E-state index is 0.139. The molecule has 0 radical (unpaired) electrons. The van der Waals surface area contributed by atoms with E-state index >= 15 is 0 Å². The van der Waals surface area contributed by atoms with E-state index in [2.05, 4.69) is 4.74 Å². The molecule has 1 N–H and O–H groups in total. The number of carbonyl (C=O) groups is 1. The van der Waals surface area contributed by atoms with E-state index in [9.17, 15) is 27.5 Å². The van der Waals surface area contributed by atoms with Crippen molar-refractivity contribution < 1.29 is 36.7 Å². The third kappa shape index (κ3) is 5.53. The Labute approximate surface area is 153 Å². The first kappa shape index (κ1) is 25.1. The van der Waals surface area contributed by atoms with E-state index in [0.29, 0.717) is 13.1 Å². The van der Waals surface area contributed by atoms with Crippen LogP contribution in [-0.4, -0.2) is 72.1 Å². The van der Waals surface area contributed by atoms with Crippen LogP contribution in [0, 0.1) is 11.8 Å². The molecule has 0 aromatic rings. The van der Waals surface area contributed by atoms with Gasteiger partial charge < -0.3 is 14.5 Å². The molecule has 0 saturated heterocycles. The molecule has 0 aliphatic rings. The van der Waals surface area contributed by atoms with Crippen molar-refractivity contribution >= 4 is 5.91 Å². The average Bonchev–Trinajstić information content (AvgIpc) is 2.58. The molecule has 0 heterocycles. The molecule has 0 aliphatic carbocycles. The summed E-state index contributed by atoms with van der Waals surface area (Å²) in [6, 6.07) is 0. The lowest BCUT2D eigenvalue weighted by Gasteiger charge is -2.41. The summed E-state index contributed by atoms with van der Waals surface area (Å²) >= 11 is 0. The van der Waals surface area contributed by atoms with Crippen molar-refractivity contribution in [2.45, 2.75) is 60.0 Å². The fraction of sp³-hybridized carbons (Fsp3) is 0.941. The van der Waals surface area contributed by atoms with Crippen LogP contribution in [-0.2, 0) is 9.53 Å². The van der Waals surface area contributed by atoms with Gasteiger partial charge in [0.2, 0.25) is 12.1 Å². The number of quaternary nitrogens is 1. The molecule has 0 aromatic heterocycles. The first-order valence-electron chi connectivity index (χ1n) is 9.00. The Balaban J connectivity index is 5.40. The van der Waals surface area contributed by atoms with Crippen LogP contribution < -0.4 is 0 Å². The van der Waals surface area contributed by atoms with Crippen LogP contribution in [0.25, 0.3) is 0 Å². The number of hydrogen-bond acceptors (Lipinski definition) is 3. The summed E-state index contributed by atoms with van der Waals surface area (Å²) in [5.74, 6) is -4.93. The number of hydrogen-bond donors (Lipinski definition) is 1. The third-order valence-electron chi connectivity index (χ3n) is 5.28. The topological polar surface area (TPSA) is 49.8 Å². The van der Waals surface area contributed by atoms with Gasteiger partial charge in [-0.1, -0.05) is 0 Å². The number of nitrogens with zero attached hydrogens (tertiary/aromatic N) is 2. The number of rotatable bonds is 11. The third-order valence-corrected chi connectivity index (χ3v) is 5.28. The van der Waals surface area contributed by atoms with Crippen LogP contribution >= 0.6 is 0 Å². The zero-order chi connectivity index (χ0) is 20.9. The van der Waals surface area contributed by atoms with Gasteiger partial charge in [0.05, 0.1) is 20.1 Å². The summed E-state index contributed by atoms with van der Waals surface area (Å²) < 4.78 is 60.9. The van der Waals surface area contributed by atoms with E-state index in [1.165, 1.54) is 0 Å². The highest BCUT2D eigenvalue weighted by molar-refractivity contribution is 5.79. The molecular formula is C17H33F4N2O3+.